The molecule has 1 aromatic rings. The van der Waals surface area contributed by atoms with Crippen LogP contribution in [0.25, 0.3) is 0 Å². The Balaban J connectivity index is 3.05. The average molecular weight is 298 g/mol. The third kappa shape index (κ3) is 4.95. The topological polar surface area (TPSA) is 44.7 Å². The lowest BCUT2D eigenvalue weighted by Crippen LogP contribution is -2.33. The fraction of sp³-hybridized carbons (Fsp3) is 0.625. The van der Waals surface area contributed by atoms with E-state index in [1.807, 2.05) is 31.9 Å². The van der Waals surface area contributed by atoms with Gasteiger partial charge < -0.3 is 20.1 Å². The van der Waals surface area contributed by atoms with E-state index in [1.54, 1.807) is 20.1 Å². The molecule has 0 saturated heterocycles. The number of methoxy groups -OCH3 is 1. The van der Waals surface area contributed by atoms with Crippen LogP contribution < -0.4 is 10.2 Å². The van der Waals surface area contributed by atoms with Gasteiger partial charge in [-0.3, -0.25) is 0 Å². The van der Waals surface area contributed by atoms with E-state index in [0.29, 0.717) is 12.1 Å². The molecule has 21 heavy (non-hydrogen) atoms. The molecule has 1 rings (SSSR count). The Morgan fingerprint density at radius 2 is 2.10 bits per heavy atom. The Morgan fingerprint density at radius 3 is 2.67 bits per heavy atom. The van der Waals surface area contributed by atoms with Gasteiger partial charge in [-0.25, -0.2) is 4.39 Å². The van der Waals surface area contributed by atoms with E-state index in [9.17, 15) is 9.50 Å². The maximum absolute atomic E-state index is 13.9. The summed E-state index contributed by atoms with van der Waals surface area (Å²) in [5, 5.41) is 13.2. The Hall–Kier alpha value is -1.17. The van der Waals surface area contributed by atoms with Crippen LogP contribution in [0.4, 0.5) is 10.1 Å². The monoisotopic (exact) mass is 298 g/mol. The smallest absolute Gasteiger partial charge is 0.126 e. The fourth-order valence-corrected chi connectivity index (χ4v) is 2.43. The summed E-state index contributed by atoms with van der Waals surface area (Å²) in [5.41, 5.74) is 2.43. The number of hydrogen-bond acceptors (Lipinski definition) is 4. The number of hydrogen-bond donors (Lipinski definition) is 2. The van der Waals surface area contributed by atoms with Crippen molar-refractivity contribution in [1.29, 1.82) is 0 Å². The minimum Gasteiger partial charge on any atom is -0.389 e. The largest absolute Gasteiger partial charge is 0.389 e. The van der Waals surface area contributed by atoms with Crippen molar-refractivity contribution < 1.29 is 14.2 Å². The van der Waals surface area contributed by atoms with Crippen molar-refractivity contribution in [3.63, 3.8) is 0 Å². The van der Waals surface area contributed by atoms with E-state index >= 15 is 0 Å². The second-order valence-corrected chi connectivity index (χ2v) is 5.43. The Bertz CT molecular complexity index is 454. The molecule has 120 valence electrons. The highest BCUT2D eigenvalue weighted by molar-refractivity contribution is 5.56. The zero-order valence-corrected chi connectivity index (χ0v) is 13.6. The molecular formula is C16H27FN2O2. The highest BCUT2D eigenvalue weighted by Crippen LogP contribution is 2.29. The minimum absolute atomic E-state index is 0.0436. The molecule has 1 aromatic carbocycles. The van der Waals surface area contributed by atoms with Crippen molar-refractivity contribution in [2.75, 3.05) is 38.8 Å². The third-order valence-electron chi connectivity index (χ3n) is 3.54. The molecule has 0 aliphatic rings. The van der Waals surface area contributed by atoms with Gasteiger partial charge in [-0.1, -0.05) is 6.92 Å². The molecule has 0 amide bonds. The van der Waals surface area contributed by atoms with Gasteiger partial charge in [0.1, 0.15) is 5.82 Å². The number of likely N-dealkylation sites (N-methyl/N-ethyl adjacent to an activating group) is 1. The molecule has 5 heteroatoms. The zero-order valence-electron chi connectivity index (χ0n) is 13.6. The SMILES string of the molecule is CCNC(C)c1cc(F)c(C)cc1N(C)CC(O)COC. The zero-order chi connectivity index (χ0) is 16.0. The molecule has 0 heterocycles. The van der Waals surface area contributed by atoms with Crippen molar-refractivity contribution in [2.45, 2.75) is 32.9 Å². The highest BCUT2D eigenvalue weighted by atomic mass is 19.1. The van der Waals surface area contributed by atoms with Crippen LogP contribution in [-0.2, 0) is 4.74 Å². The minimum atomic E-state index is -0.576. The van der Waals surface area contributed by atoms with Gasteiger partial charge >= 0.3 is 0 Å². The number of aliphatic hydroxyl groups is 1. The Morgan fingerprint density at radius 1 is 1.43 bits per heavy atom. The summed E-state index contributed by atoms with van der Waals surface area (Å²) in [5.74, 6) is -0.204. The Labute approximate surface area is 126 Å². The predicted molar refractivity (Wildman–Crippen MR) is 84.4 cm³/mol. The lowest BCUT2D eigenvalue weighted by atomic mass is 10.0. The van der Waals surface area contributed by atoms with Crippen LogP contribution in [0.2, 0.25) is 0 Å². The summed E-state index contributed by atoms with van der Waals surface area (Å²) < 4.78 is 18.8. The summed E-state index contributed by atoms with van der Waals surface area (Å²) in [6.45, 7) is 7.31. The predicted octanol–water partition coefficient (Wildman–Crippen LogP) is 2.25. The second kappa shape index (κ2) is 8.32. The summed E-state index contributed by atoms with van der Waals surface area (Å²) in [6, 6.07) is 3.46. The number of nitrogens with one attached hydrogen (secondary N) is 1. The molecule has 4 nitrogen and oxygen atoms in total. The first-order valence-electron chi connectivity index (χ1n) is 7.32. The van der Waals surface area contributed by atoms with E-state index in [-0.39, 0.29) is 18.5 Å². The maximum Gasteiger partial charge on any atom is 0.126 e. The van der Waals surface area contributed by atoms with Gasteiger partial charge in [0.05, 0.1) is 12.7 Å². The van der Waals surface area contributed by atoms with E-state index in [1.165, 1.54) is 0 Å². The number of aliphatic hydroxyl groups excluding tert-OH is 1. The van der Waals surface area contributed by atoms with Crippen LogP contribution in [0.3, 0.4) is 0 Å². The number of nitrogens with zero attached hydrogens (tertiary/aromatic N) is 1. The number of aryl methyl sites for hydroxylation is 1. The third-order valence-corrected chi connectivity index (χ3v) is 3.54. The number of ether oxygens (including phenoxy) is 1. The van der Waals surface area contributed by atoms with E-state index < -0.39 is 6.10 Å². The van der Waals surface area contributed by atoms with Crippen LogP contribution >= 0.6 is 0 Å². The highest BCUT2D eigenvalue weighted by Gasteiger charge is 2.17. The van der Waals surface area contributed by atoms with Crippen molar-refractivity contribution in [3.05, 3.63) is 29.1 Å². The molecule has 0 radical (unpaired) electrons. The molecule has 0 aliphatic carbocycles. The summed E-state index contributed by atoms with van der Waals surface area (Å²) in [6.07, 6.45) is -0.576. The first kappa shape index (κ1) is 17.9. The van der Waals surface area contributed by atoms with Crippen LogP contribution in [0.15, 0.2) is 12.1 Å². The molecule has 0 spiro atoms. The van der Waals surface area contributed by atoms with E-state index in [0.717, 1.165) is 17.8 Å². The number of halogens is 1. The van der Waals surface area contributed by atoms with Crippen LogP contribution in [-0.4, -0.2) is 45.1 Å². The van der Waals surface area contributed by atoms with Gasteiger partial charge in [0, 0.05) is 32.4 Å². The average Bonchev–Trinajstić information content (AvgIpc) is 2.41. The van der Waals surface area contributed by atoms with E-state index in [2.05, 4.69) is 5.32 Å². The molecule has 0 aliphatic heterocycles. The van der Waals surface area contributed by atoms with Gasteiger partial charge in [0.15, 0.2) is 0 Å². The number of rotatable bonds is 8. The molecule has 0 saturated carbocycles. The summed E-state index contributed by atoms with van der Waals surface area (Å²) in [7, 11) is 3.46. The van der Waals surface area contributed by atoms with Gasteiger partial charge in [-0.15, -0.1) is 0 Å². The molecule has 2 unspecified atom stereocenters. The fourth-order valence-electron chi connectivity index (χ4n) is 2.43. The van der Waals surface area contributed by atoms with Gasteiger partial charge in [-0.05, 0) is 43.7 Å². The summed E-state index contributed by atoms with van der Waals surface area (Å²) >= 11 is 0. The molecule has 0 bridgehead atoms. The van der Waals surface area contributed by atoms with Gasteiger partial charge in [-0.2, -0.15) is 0 Å². The van der Waals surface area contributed by atoms with Crippen LogP contribution in [0.5, 0.6) is 0 Å². The van der Waals surface area contributed by atoms with Gasteiger partial charge in [0.25, 0.3) is 0 Å². The molecule has 0 aromatic heterocycles. The Kier molecular flexibility index (Phi) is 7.08. The van der Waals surface area contributed by atoms with Crippen LogP contribution in [0, 0.1) is 12.7 Å². The lowest BCUT2D eigenvalue weighted by Gasteiger charge is -2.28. The molecule has 0 fully saturated rings. The molecule has 2 atom stereocenters. The first-order valence-corrected chi connectivity index (χ1v) is 7.32. The normalized spacial score (nSPS) is 14.0. The maximum atomic E-state index is 13.9. The van der Waals surface area contributed by atoms with Crippen molar-refractivity contribution in [2.24, 2.45) is 0 Å². The first-order chi connectivity index (χ1) is 9.90. The molecular weight excluding hydrogens is 271 g/mol. The lowest BCUT2D eigenvalue weighted by molar-refractivity contribution is 0.0695. The van der Waals surface area contributed by atoms with Crippen molar-refractivity contribution >= 4 is 5.69 Å². The standard InChI is InChI=1S/C16H27FN2O2/c1-6-18-12(3)14-8-15(17)11(2)7-16(14)19(4)9-13(20)10-21-5/h7-8,12-13,18,20H,6,9-10H2,1-5H3. The summed E-state index contributed by atoms with van der Waals surface area (Å²) in [4.78, 5) is 1.94. The second-order valence-electron chi connectivity index (χ2n) is 5.43. The van der Waals surface area contributed by atoms with Crippen molar-refractivity contribution in [3.8, 4) is 0 Å². The number of anilines is 1. The quantitative estimate of drug-likeness (QED) is 0.772. The van der Waals surface area contributed by atoms with Gasteiger partial charge in [0.2, 0.25) is 0 Å². The van der Waals surface area contributed by atoms with Crippen LogP contribution in [0.1, 0.15) is 31.0 Å². The van der Waals surface area contributed by atoms with E-state index in [4.69, 9.17) is 4.74 Å². The van der Waals surface area contributed by atoms with Crippen molar-refractivity contribution in [1.82, 2.24) is 5.32 Å². The number of benzene rings is 1. The molecule has 2 N–H and O–H groups in total.